The molecule has 3 rings (SSSR count). The standard InChI is InChI=1S/C17H15NO.Li/c1-11-5-3-6-12(2)16(11)14-10-9-13-7-4-8-15(19)17(13)18-14;/h3-10,19H,1-2H3;. The molecule has 95 valence electrons. The van der Waals surface area contributed by atoms with Crippen LogP contribution in [0.25, 0.3) is 22.2 Å². The van der Waals surface area contributed by atoms with Crippen LogP contribution in [0.3, 0.4) is 0 Å². The average Bonchev–Trinajstić information content (AvgIpc) is 2.39. The van der Waals surface area contributed by atoms with E-state index >= 15 is 0 Å². The Morgan fingerprint density at radius 1 is 0.850 bits per heavy atom. The molecule has 0 aliphatic rings. The van der Waals surface area contributed by atoms with Crippen molar-refractivity contribution in [2.24, 2.45) is 0 Å². The number of benzene rings is 2. The Morgan fingerprint density at radius 2 is 1.50 bits per heavy atom. The second-order valence-corrected chi connectivity index (χ2v) is 4.81. The SMILES string of the molecule is Cc1cccc(C)c1-c1ccc2cccc(O)c2n1.[Li]. The summed E-state index contributed by atoms with van der Waals surface area (Å²) in [7, 11) is 0. The zero-order valence-corrected chi connectivity index (χ0v) is 12.0. The molecular formula is C17H15LiNO. The minimum atomic E-state index is 0. The number of phenolic OH excluding ortho intramolecular Hbond substituents is 1. The van der Waals surface area contributed by atoms with Gasteiger partial charge in [-0.2, -0.15) is 0 Å². The van der Waals surface area contributed by atoms with Gasteiger partial charge in [-0.15, -0.1) is 0 Å². The van der Waals surface area contributed by atoms with Crippen LogP contribution in [0.2, 0.25) is 0 Å². The maximum Gasteiger partial charge on any atom is 0.141 e. The molecule has 1 N–H and O–H groups in total. The molecular weight excluding hydrogens is 241 g/mol. The molecule has 0 aliphatic carbocycles. The molecule has 0 saturated carbocycles. The summed E-state index contributed by atoms with van der Waals surface area (Å²) in [5, 5.41) is 10.9. The van der Waals surface area contributed by atoms with Gasteiger partial charge in [0, 0.05) is 29.8 Å². The van der Waals surface area contributed by atoms with E-state index in [1.807, 2.05) is 30.3 Å². The fraction of sp³-hybridized carbons (Fsp3) is 0.118. The average molecular weight is 256 g/mol. The smallest absolute Gasteiger partial charge is 0.141 e. The second kappa shape index (κ2) is 5.71. The third-order valence-electron chi connectivity index (χ3n) is 3.44. The van der Waals surface area contributed by atoms with Gasteiger partial charge in [-0.3, -0.25) is 0 Å². The zero-order chi connectivity index (χ0) is 13.4. The van der Waals surface area contributed by atoms with Crippen LogP contribution in [0, 0.1) is 13.8 Å². The van der Waals surface area contributed by atoms with Crippen LogP contribution in [-0.2, 0) is 0 Å². The normalized spacial score (nSPS) is 10.3. The van der Waals surface area contributed by atoms with Crippen LogP contribution in [0.4, 0.5) is 0 Å². The number of aryl methyl sites for hydroxylation is 2. The van der Waals surface area contributed by atoms with Gasteiger partial charge in [0.15, 0.2) is 0 Å². The molecule has 0 spiro atoms. The van der Waals surface area contributed by atoms with E-state index < -0.39 is 0 Å². The number of hydrogen-bond donors (Lipinski definition) is 1. The number of pyridine rings is 1. The van der Waals surface area contributed by atoms with Crippen molar-refractivity contribution in [1.82, 2.24) is 4.98 Å². The number of fused-ring (bicyclic) bond motifs is 1. The summed E-state index contributed by atoms with van der Waals surface area (Å²) in [5.41, 5.74) is 5.10. The quantitative estimate of drug-likeness (QED) is 0.671. The molecule has 2 aromatic carbocycles. The Bertz CT molecular complexity index is 748. The molecule has 0 amide bonds. The fourth-order valence-electron chi connectivity index (χ4n) is 2.49. The Balaban J connectivity index is 0.00000147. The first-order valence-corrected chi connectivity index (χ1v) is 6.32. The molecule has 1 heterocycles. The largest absolute Gasteiger partial charge is 0.506 e. The minimum absolute atomic E-state index is 0. The number of aromatic nitrogens is 1. The summed E-state index contributed by atoms with van der Waals surface area (Å²) in [4.78, 5) is 4.62. The van der Waals surface area contributed by atoms with Crippen molar-refractivity contribution in [3.63, 3.8) is 0 Å². The summed E-state index contributed by atoms with van der Waals surface area (Å²) < 4.78 is 0. The van der Waals surface area contributed by atoms with Crippen molar-refractivity contribution in [2.75, 3.05) is 0 Å². The number of aromatic hydroxyl groups is 1. The van der Waals surface area contributed by atoms with E-state index in [1.165, 1.54) is 11.1 Å². The monoisotopic (exact) mass is 256 g/mol. The molecule has 0 unspecified atom stereocenters. The van der Waals surface area contributed by atoms with E-state index in [1.54, 1.807) is 6.07 Å². The van der Waals surface area contributed by atoms with Crippen molar-refractivity contribution in [1.29, 1.82) is 0 Å². The van der Waals surface area contributed by atoms with E-state index in [0.29, 0.717) is 5.52 Å². The summed E-state index contributed by atoms with van der Waals surface area (Å²) in [6, 6.07) is 15.7. The van der Waals surface area contributed by atoms with Crippen LogP contribution in [0.1, 0.15) is 11.1 Å². The number of rotatable bonds is 1. The first-order valence-electron chi connectivity index (χ1n) is 6.32. The molecule has 3 heteroatoms. The molecule has 1 aromatic heterocycles. The topological polar surface area (TPSA) is 33.1 Å². The van der Waals surface area contributed by atoms with Crippen LogP contribution >= 0.6 is 0 Å². The third-order valence-corrected chi connectivity index (χ3v) is 3.44. The zero-order valence-electron chi connectivity index (χ0n) is 12.0. The van der Waals surface area contributed by atoms with Gasteiger partial charge in [0.1, 0.15) is 11.3 Å². The van der Waals surface area contributed by atoms with Crippen molar-refractivity contribution >= 4 is 29.8 Å². The molecule has 3 aromatic rings. The van der Waals surface area contributed by atoms with Crippen LogP contribution in [0.5, 0.6) is 5.75 Å². The van der Waals surface area contributed by atoms with E-state index in [4.69, 9.17) is 0 Å². The Hall–Kier alpha value is -1.75. The summed E-state index contributed by atoms with van der Waals surface area (Å²) in [6.45, 7) is 4.16. The van der Waals surface area contributed by atoms with E-state index in [-0.39, 0.29) is 24.6 Å². The number of phenols is 1. The van der Waals surface area contributed by atoms with Gasteiger partial charge >= 0.3 is 0 Å². The predicted molar refractivity (Wildman–Crippen MR) is 84.1 cm³/mol. The summed E-state index contributed by atoms with van der Waals surface area (Å²) in [5.74, 6) is 0.227. The Morgan fingerprint density at radius 3 is 2.20 bits per heavy atom. The molecule has 20 heavy (non-hydrogen) atoms. The van der Waals surface area contributed by atoms with Gasteiger partial charge < -0.3 is 5.11 Å². The maximum absolute atomic E-state index is 9.92. The molecule has 0 fully saturated rings. The maximum atomic E-state index is 9.92. The van der Waals surface area contributed by atoms with Gasteiger partial charge in [-0.1, -0.05) is 36.4 Å². The van der Waals surface area contributed by atoms with E-state index in [9.17, 15) is 5.11 Å². The molecule has 0 atom stereocenters. The van der Waals surface area contributed by atoms with Gasteiger partial charge in [0.2, 0.25) is 0 Å². The van der Waals surface area contributed by atoms with Crippen molar-refractivity contribution < 1.29 is 5.11 Å². The summed E-state index contributed by atoms with van der Waals surface area (Å²) in [6.07, 6.45) is 0. The predicted octanol–water partition coefficient (Wildman–Crippen LogP) is 3.84. The van der Waals surface area contributed by atoms with E-state index in [2.05, 4.69) is 31.0 Å². The number of hydrogen-bond acceptors (Lipinski definition) is 2. The number of nitrogens with zero attached hydrogens (tertiary/aromatic N) is 1. The van der Waals surface area contributed by atoms with Crippen LogP contribution < -0.4 is 0 Å². The first kappa shape index (κ1) is 14.7. The van der Waals surface area contributed by atoms with Gasteiger partial charge in [-0.05, 0) is 37.1 Å². The Labute approximate surface area is 130 Å². The molecule has 0 bridgehead atoms. The Kier molecular flexibility index (Phi) is 4.18. The molecule has 2 nitrogen and oxygen atoms in total. The van der Waals surface area contributed by atoms with Crippen molar-refractivity contribution in [3.8, 4) is 17.0 Å². The molecule has 0 aliphatic heterocycles. The summed E-state index contributed by atoms with van der Waals surface area (Å²) >= 11 is 0. The van der Waals surface area contributed by atoms with Gasteiger partial charge in [0.05, 0.1) is 5.69 Å². The van der Waals surface area contributed by atoms with Crippen molar-refractivity contribution in [3.05, 3.63) is 59.7 Å². The van der Waals surface area contributed by atoms with Crippen LogP contribution in [0.15, 0.2) is 48.5 Å². The molecule has 0 saturated heterocycles. The number of para-hydroxylation sites is 1. The van der Waals surface area contributed by atoms with E-state index in [0.717, 1.165) is 16.6 Å². The van der Waals surface area contributed by atoms with Crippen molar-refractivity contribution in [2.45, 2.75) is 13.8 Å². The first-order chi connectivity index (χ1) is 9.16. The van der Waals surface area contributed by atoms with Gasteiger partial charge in [0.25, 0.3) is 0 Å². The van der Waals surface area contributed by atoms with Crippen LogP contribution in [-0.4, -0.2) is 29.0 Å². The van der Waals surface area contributed by atoms with Gasteiger partial charge in [-0.25, -0.2) is 4.98 Å². The minimum Gasteiger partial charge on any atom is -0.506 e. The third kappa shape index (κ3) is 2.45. The fourth-order valence-corrected chi connectivity index (χ4v) is 2.49. The molecule has 1 radical (unpaired) electrons. The second-order valence-electron chi connectivity index (χ2n) is 4.81.